The Hall–Kier alpha value is -3.03. The van der Waals surface area contributed by atoms with E-state index < -0.39 is 10.0 Å². The fourth-order valence-corrected chi connectivity index (χ4v) is 5.90. The quantitative estimate of drug-likeness (QED) is 0.503. The second-order valence-corrected chi connectivity index (χ2v) is 10.8. The van der Waals surface area contributed by atoms with E-state index in [1.807, 2.05) is 50.2 Å². The van der Waals surface area contributed by atoms with E-state index in [1.165, 1.54) is 4.31 Å². The molecule has 0 N–H and O–H groups in total. The van der Waals surface area contributed by atoms with Gasteiger partial charge in [0, 0.05) is 36.9 Å². The second kappa shape index (κ2) is 10.1. The lowest BCUT2D eigenvalue weighted by molar-refractivity contribution is -0.129. The number of amides is 1. The molecule has 1 saturated heterocycles. The van der Waals surface area contributed by atoms with Gasteiger partial charge in [-0.15, -0.1) is 0 Å². The smallest absolute Gasteiger partial charge is 0.264 e. The van der Waals surface area contributed by atoms with E-state index in [0.29, 0.717) is 36.9 Å². The van der Waals surface area contributed by atoms with Gasteiger partial charge in [-0.25, -0.2) is 8.42 Å². The van der Waals surface area contributed by atoms with Gasteiger partial charge in [0.25, 0.3) is 10.0 Å². The van der Waals surface area contributed by atoms with Gasteiger partial charge >= 0.3 is 0 Å². The molecular weight excluding hydrogens is 470 g/mol. The Morgan fingerprint density at radius 2 is 1.62 bits per heavy atom. The van der Waals surface area contributed by atoms with Crippen LogP contribution in [0.25, 0.3) is 0 Å². The van der Waals surface area contributed by atoms with Crippen LogP contribution in [0, 0.1) is 13.8 Å². The van der Waals surface area contributed by atoms with Crippen LogP contribution in [0.2, 0.25) is 5.02 Å². The van der Waals surface area contributed by atoms with E-state index in [4.69, 9.17) is 11.6 Å². The highest BCUT2D eigenvalue weighted by Gasteiger charge is 2.31. The van der Waals surface area contributed by atoms with E-state index >= 15 is 0 Å². The second-order valence-electron chi connectivity index (χ2n) is 8.46. The first kappa shape index (κ1) is 24.1. The molecule has 3 aromatic rings. The number of halogens is 1. The highest BCUT2D eigenvalue weighted by atomic mass is 35.5. The van der Waals surface area contributed by atoms with Gasteiger partial charge in [0.15, 0.2) is 0 Å². The van der Waals surface area contributed by atoms with Gasteiger partial charge in [-0.05, 0) is 55.8 Å². The molecule has 0 unspecified atom stereocenters. The summed E-state index contributed by atoms with van der Waals surface area (Å²) in [7, 11) is -3.92. The molecule has 0 aliphatic carbocycles. The third-order valence-electron chi connectivity index (χ3n) is 6.04. The molecule has 1 aliphatic rings. The lowest BCUT2D eigenvalue weighted by atomic mass is 10.1. The van der Waals surface area contributed by atoms with Gasteiger partial charge in [0.2, 0.25) is 5.91 Å². The molecule has 4 rings (SSSR count). The largest absolute Gasteiger partial charge is 0.368 e. The van der Waals surface area contributed by atoms with Crippen LogP contribution in [0.5, 0.6) is 0 Å². The van der Waals surface area contributed by atoms with Gasteiger partial charge in [-0.3, -0.25) is 9.10 Å². The van der Waals surface area contributed by atoms with Gasteiger partial charge < -0.3 is 9.80 Å². The van der Waals surface area contributed by atoms with Crippen molar-refractivity contribution in [2.24, 2.45) is 0 Å². The molecule has 0 atom stereocenters. The lowest BCUT2D eigenvalue weighted by Gasteiger charge is -2.37. The minimum atomic E-state index is -3.92. The minimum absolute atomic E-state index is 0.161. The van der Waals surface area contributed by atoms with Crippen LogP contribution >= 0.6 is 11.6 Å². The van der Waals surface area contributed by atoms with E-state index in [1.54, 1.807) is 41.3 Å². The maximum atomic E-state index is 13.6. The molecule has 1 aliphatic heterocycles. The van der Waals surface area contributed by atoms with Crippen molar-refractivity contribution in [1.29, 1.82) is 0 Å². The van der Waals surface area contributed by atoms with Crippen LogP contribution in [-0.4, -0.2) is 51.9 Å². The molecule has 1 heterocycles. The summed E-state index contributed by atoms with van der Waals surface area (Å²) in [6.07, 6.45) is 0. The van der Waals surface area contributed by atoms with Crippen LogP contribution in [0.15, 0.2) is 77.7 Å². The average molecular weight is 498 g/mol. The molecule has 0 spiro atoms. The first-order valence-corrected chi connectivity index (χ1v) is 13.0. The molecule has 3 aromatic carbocycles. The number of benzene rings is 3. The highest BCUT2D eigenvalue weighted by Crippen LogP contribution is 2.28. The van der Waals surface area contributed by atoms with Crippen LogP contribution < -0.4 is 9.21 Å². The van der Waals surface area contributed by atoms with Crippen molar-refractivity contribution in [1.82, 2.24) is 4.90 Å². The number of aryl methyl sites for hydroxylation is 2. The van der Waals surface area contributed by atoms with Crippen molar-refractivity contribution in [2.45, 2.75) is 18.7 Å². The predicted octanol–water partition coefficient (Wildman–Crippen LogP) is 4.50. The zero-order valence-corrected chi connectivity index (χ0v) is 20.9. The molecule has 1 amide bonds. The molecular formula is C26H28ClN3O3S. The number of nitrogens with zero attached hydrogens (tertiary/aromatic N) is 3. The summed E-state index contributed by atoms with van der Waals surface area (Å²) >= 11 is 6.12. The molecule has 34 heavy (non-hydrogen) atoms. The summed E-state index contributed by atoms with van der Waals surface area (Å²) in [5.74, 6) is -0.217. The Labute approximate surface area is 206 Å². The summed E-state index contributed by atoms with van der Waals surface area (Å²) in [5.41, 5.74) is 3.36. The zero-order valence-electron chi connectivity index (χ0n) is 19.3. The Morgan fingerprint density at radius 3 is 2.26 bits per heavy atom. The number of piperazine rings is 1. The third kappa shape index (κ3) is 5.21. The van der Waals surface area contributed by atoms with Gasteiger partial charge in [0.1, 0.15) is 6.54 Å². The number of hydrogen-bond acceptors (Lipinski definition) is 4. The van der Waals surface area contributed by atoms with Crippen molar-refractivity contribution in [3.05, 3.63) is 88.9 Å². The van der Waals surface area contributed by atoms with E-state index in [9.17, 15) is 13.2 Å². The Balaban J connectivity index is 1.55. The molecule has 0 aromatic heterocycles. The van der Waals surface area contributed by atoms with Gasteiger partial charge in [-0.1, -0.05) is 53.6 Å². The van der Waals surface area contributed by atoms with Crippen molar-refractivity contribution in [3.8, 4) is 0 Å². The lowest BCUT2D eigenvalue weighted by Crippen LogP contribution is -2.52. The molecule has 0 radical (unpaired) electrons. The Kier molecular flexibility index (Phi) is 7.14. The minimum Gasteiger partial charge on any atom is -0.368 e. The molecule has 0 bridgehead atoms. The number of anilines is 2. The van der Waals surface area contributed by atoms with E-state index in [0.717, 1.165) is 16.8 Å². The number of rotatable bonds is 6. The average Bonchev–Trinajstić information content (AvgIpc) is 2.83. The maximum absolute atomic E-state index is 13.6. The van der Waals surface area contributed by atoms with Gasteiger partial charge in [0.05, 0.1) is 10.6 Å². The normalized spacial score (nSPS) is 14.2. The summed E-state index contributed by atoms with van der Waals surface area (Å²) in [6, 6.07) is 21.5. The fraction of sp³-hybridized carbons (Fsp3) is 0.269. The summed E-state index contributed by atoms with van der Waals surface area (Å²) in [6.45, 7) is 5.90. The van der Waals surface area contributed by atoms with Gasteiger partial charge in [-0.2, -0.15) is 0 Å². The number of carbonyl (C=O) groups excluding carboxylic acids is 1. The molecule has 1 fully saturated rings. The van der Waals surface area contributed by atoms with Crippen molar-refractivity contribution in [3.63, 3.8) is 0 Å². The monoisotopic (exact) mass is 497 g/mol. The summed E-state index contributed by atoms with van der Waals surface area (Å²) < 4.78 is 28.4. The molecule has 0 saturated carbocycles. The predicted molar refractivity (Wildman–Crippen MR) is 137 cm³/mol. The molecule has 8 heteroatoms. The van der Waals surface area contributed by atoms with Crippen molar-refractivity contribution >= 4 is 38.9 Å². The van der Waals surface area contributed by atoms with Crippen LogP contribution in [0.3, 0.4) is 0 Å². The SMILES string of the molecule is Cc1ccc(N(CC(=O)N2CCN(c3cccc(Cl)c3)CC2)S(=O)(=O)c2ccccc2)c(C)c1. The van der Waals surface area contributed by atoms with Crippen LogP contribution in [-0.2, 0) is 14.8 Å². The first-order valence-electron chi connectivity index (χ1n) is 11.2. The Morgan fingerprint density at radius 1 is 0.912 bits per heavy atom. The molecule has 6 nitrogen and oxygen atoms in total. The number of sulfonamides is 1. The fourth-order valence-electron chi connectivity index (χ4n) is 4.21. The van der Waals surface area contributed by atoms with Crippen molar-refractivity contribution < 1.29 is 13.2 Å². The Bertz CT molecular complexity index is 1270. The van der Waals surface area contributed by atoms with Crippen LogP contribution in [0.1, 0.15) is 11.1 Å². The third-order valence-corrected chi connectivity index (χ3v) is 8.05. The summed E-state index contributed by atoms with van der Waals surface area (Å²) in [5, 5.41) is 0.672. The maximum Gasteiger partial charge on any atom is 0.264 e. The standard InChI is InChI=1S/C26H28ClN3O3S/c1-20-11-12-25(21(2)17-20)30(34(32,33)24-9-4-3-5-10-24)19-26(31)29-15-13-28(14-16-29)23-8-6-7-22(27)18-23/h3-12,17-18H,13-16,19H2,1-2H3. The highest BCUT2D eigenvalue weighted by molar-refractivity contribution is 7.92. The topological polar surface area (TPSA) is 60.9 Å². The summed E-state index contributed by atoms with van der Waals surface area (Å²) in [4.78, 5) is 17.4. The number of hydrogen-bond donors (Lipinski definition) is 0. The number of carbonyl (C=O) groups is 1. The van der Waals surface area contributed by atoms with Crippen LogP contribution in [0.4, 0.5) is 11.4 Å². The first-order chi connectivity index (χ1) is 16.3. The van der Waals surface area contributed by atoms with E-state index in [-0.39, 0.29) is 17.3 Å². The zero-order chi connectivity index (χ0) is 24.3. The van der Waals surface area contributed by atoms with E-state index in [2.05, 4.69) is 4.90 Å². The van der Waals surface area contributed by atoms with Crippen molar-refractivity contribution in [2.75, 3.05) is 41.9 Å². The molecule has 178 valence electrons.